The molecule has 18 heavy (non-hydrogen) atoms. The Morgan fingerprint density at radius 1 is 1.11 bits per heavy atom. The van der Waals surface area contributed by atoms with Gasteiger partial charge in [0.2, 0.25) is 0 Å². The zero-order chi connectivity index (χ0) is 13.3. The van der Waals surface area contributed by atoms with E-state index in [1.54, 1.807) is 12.1 Å². The molecule has 0 unspecified atom stereocenters. The normalized spacial score (nSPS) is 10.7. The summed E-state index contributed by atoms with van der Waals surface area (Å²) in [6.45, 7) is 2.03. The van der Waals surface area contributed by atoms with Crippen molar-refractivity contribution in [2.45, 2.75) is 13.3 Å². The van der Waals surface area contributed by atoms with Gasteiger partial charge in [-0.2, -0.15) is 0 Å². The second kappa shape index (κ2) is 5.90. The van der Waals surface area contributed by atoms with Gasteiger partial charge in [0.15, 0.2) is 5.82 Å². The van der Waals surface area contributed by atoms with Crippen LogP contribution >= 0.6 is 57.4 Å². The van der Waals surface area contributed by atoms with E-state index in [1.807, 2.05) is 13.0 Å². The van der Waals surface area contributed by atoms with Crippen molar-refractivity contribution < 1.29 is 0 Å². The minimum Gasteiger partial charge on any atom is -0.232 e. The molecular formula is C12H8Cl3IN2. The van der Waals surface area contributed by atoms with E-state index in [2.05, 4.69) is 32.6 Å². The van der Waals surface area contributed by atoms with E-state index >= 15 is 0 Å². The molecule has 0 atom stereocenters. The maximum Gasteiger partial charge on any atom is 0.161 e. The number of hydrogen-bond donors (Lipinski definition) is 0. The Labute approximate surface area is 134 Å². The average molecular weight is 413 g/mol. The Morgan fingerprint density at radius 2 is 1.83 bits per heavy atom. The van der Waals surface area contributed by atoms with Gasteiger partial charge >= 0.3 is 0 Å². The van der Waals surface area contributed by atoms with E-state index in [0.29, 0.717) is 21.0 Å². The minimum absolute atomic E-state index is 0.462. The van der Waals surface area contributed by atoms with Gasteiger partial charge in [0.1, 0.15) is 5.15 Å². The van der Waals surface area contributed by atoms with Crippen LogP contribution < -0.4 is 0 Å². The summed E-state index contributed by atoms with van der Waals surface area (Å²) in [5, 5.41) is 1.45. The molecular weight excluding hydrogens is 405 g/mol. The van der Waals surface area contributed by atoms with Crippen LogP contribution in [0.3, 0.4) is 0 Å². The number of aryl methyl sites for hydroxylation is 1. The van der Waals surface area contributed by atoms with E-state index in [-0.39, 0.29) is 0 Å². The number of aromatic nitrogens is 2. The van der Waals surface area contributed by atoms with Gasteiger partial charge in [0, 0.05) is 5.56 Å². The molecule has 0 spiro atoms. The fourth-order valence-electron chi connectivity index (χ4n) is 1.46. The fourth-order valence-corrected chi connectivity index (χ4v) is 2.57. The lowest BCUT2D eigenvalue weighted by Gasteiger charge is -2.07. The fraction of sp³-hybridized carbons (Fsp3) is 0.167. The molecule has 1 aromatic heterocycles. The van der Waals surface area contributed by atoms with E-state index in [4.69, 9.17) is 34.8 Å². The van der Waals surface area contributed by atoms with Crippen molar-refractivity contribution in [3.63, 3.8) is 0 Å². The molecule has 1 aromatic carbocycles. The molecule has 0 radical (unpaired) electrons. The summed E-state index contributed by atoms with van der Waals surface area (Å²) in [5.41, 5.74) is 1.73. The van der Waals surface area contributed by atoms with Gasteiger partial charge in [-0.25, -0.2) is 9.97 Å². The number of nitrogens with zero attached hydrogens (tertiary/aromatic N) is 2. The van der Waals surface area contributed by atoms with Crippen LogP contribution in [0.1, 0.15) is 12.6 Å². The van der Waals surface area contributed by atoms with Crippen LogP contribution in [0, 0.1) is 3.57 Å². The van der Waals surface area contributed by atoms with Crippen molar-refractivity contribution in [2.75, 3.05) is 0 Å². The van der Waals surface area contributed by atoms with E-state index in [0.717, 1.165) is 21.2 Å². The summed E-state index contributed by atoms with van der Waals surface area (Å²) in [7, 11) is 0. The third-order valence-corrected chi connectivity index (χ3v) is 4.86. The topological polar surface area (TPSA) is 25.8 Å². The van der Waals surface area contributed by atoms with Gasteiger partial charge in [0.05, 0.1) is 19.3 Å². The van der Waals surface area contributed by atoms with Crippen molar-refractivity contribution >= 4 is 57.4 Å². The molecule has 0 saturated carbocycles. The molecule has 0 fully saturated rings. The van der Waals surface area contributed by atoms with Crippen molar-refractivity contribution in [3.8, 4) is 11.4 Å². The Bertz CT molecular complexity index is 602. The van der Waals surface area contributed by atoms with Crippen LogP contribution in [0.2, 0.25) is 15.2 Å². The summed E-state index contributed by atoms with van der Waals surface area (Å²) >= 11 is 20.1. The standard InChI is InChI=1S/C12H8Cl3IN2/c1-2-9-10(16)11(15)18-12(17-9)6-3-4-7(13)8(14)5-6/h3-5H,2H2,1H3. The van der Waals surface area contributed by atoms with Crippen LogP contribution in [-0.4, -0.2) is 9.97 Å². The molecule has 0 aliphatic heterocycles. The highest BCUT2D eigenvalue weighted by atomic mass is 127. The highest BCUT2D eigenvalue weighted by Gasteiger charge is 2.11. The number of rotatable bonds is 2. The van der Waals surface area contributed by atoms with Crippen LogP contribution in [0.5, 0.6) is 0 Å². The highest BCUT2D eigenvalue weighted by molar-refractivity contribution is 14.1. The third-order valence-electron chi connectivity index (χ3n) is 2.39. The van der Waals surface area contributed by atoms with Gasteiger partial charge in [-0.15, -0.1) is 0 Å². The summed E-state index contributed by atoms with van der Waals surface area (Å²) in [6.07, 6.45) is 0.800. The highest BCUT2D eigenvalue weighted by Crippen LogP contribution is 2.29. The largest absolute Gasteiger partial charge is 0.232 e. The molecule has 0 N–H and O–H groups in total. The van der Waals surface area contributed by atoms with Crippen molar-refractivity contribution in [3.05, 3.63) is 42.7 Å². The molecule has 0 aliphatic carbocycles. The monoisotopic (exact) mass is 412 g/mol. The maximum atomic E-state index is 6.10. The molecule has 1 heterocycles. The smallest absolute Gasteiger partial charge is 0.161 e. The molecule has 0 amide bonds. The first kappa shape index (κ1) is 14.3. The molecule has 2 aromatic rings. The summed E-state index contributed by atoms with van der Waals surface area (Å²) < 4.78 is 0.889. The molecule has 0 saturated heterocycles. The lowest BCUT2D eigenvalue weighted by atomic mass is 10.2. The first-order valence-electron chi connectivity index (χ1n) is 5.20. The minimum atomic E-state index is 0.462. The van der Waals surface area contributed by atoms with E-state index in [1.165, 1.54) is 0 Å². The van der Waals surface area contributed by atoms with Crippen LogP contribution in [-0.2, 0) is 6.42 Å². The summed E-state index contributed by atoms with van der Waals surface area (Å²) in [5.74, 6) is 0.566. The Kier molecular flexibility index (Phi) is 4.69. The van der Waals surface area contributed by atoms with Crippen molar-refractivity contribution in [2.24, 2.45) is 0 Å². The second-order valence-electron chi connectivity index (χ2n) is 3.58. The number of benzene rings is 1. The lowest BCUT2D eigenvalue weighted by molar-refractivity contribution is 0.989. The van der Waals surface area contributed by atoms with Gasteiger partial charge in [-0.05, 0) is 47.2 Å². The van der Waals surface area contributed by atoms with Crippen molar-refractivity contribution in [1.29, 1.82) is 0 Å². The first-order chi connectivity index (χ1) is 8.52. The maximum absolute atomic E-state index is 6.10. The SMILES string of the molecule is CCc1nc(-c2ccc(Cl)c(Cl)c2)nc(Cl)c1I. The van der Waals surface area contributed by atoms with Crippen LogP contribution in [0.15, 0.2) is 18.2 Å². The molecule has 2 nitrogen and oxygen atoms in total. The Hall–Kier alpha value is -0.100. The Balaban J connectivity index is 2.57. The van der Waals surface area contributed by atoms with Gasteiger partial charge in [0.25, 0.3) is 0 Å². The van der Waals surface area contributed by atoms with Crippen LogP contribution in [0.25, 0.3) is 11.4 Å². The van der Waals surface area contributed by atoms with E-state index in [9.17, 15) is 0 Å². The van der Waals surface area contributed by atoms with Gasteiger partial charge in [-0.1, -0.05) is 41.7 Å². The predicted molar refractivity (Wildman–Crippen MR) is 84.6 cm³/mol. The zero-order valence-electron chi connectivity index (χ0n) is 9.35. The van der Waals surface area contributed by atoms with Gasteiger partial charge in [-0.3, -0.25) is 0 Å². The first-order valence-corrected chi connectivity index (χ1v) is 7.41. The second-order valence-corrected chi connectivity index (χ2v) is 5.83. The molecule has 0 bridgehead atoms. The molecule has 2 rings (SSSR count). The van der Waals surface area contributed by atoms with Crippen LogP contribution in [0.4, 0.5) is 0 Å². The lowest BCUT2D eigenvalue weighted by Crippen LogP contribution is -1.99. The van der Waals surface area contributed by atoms with Crippen molar-refractivity contribution in [1.82, 2.24) is 9.97 Å². The Morgan fingerprint density at radius 3 is 2.44 bits per heavy atom. The van der Waals surface area contributed by atoms with Gasteiger partial charge < -0.3 is 0 Å². The third kappa shape index (κ3) is 2.90. The molecule has 0 aliphatic rings. The quantitative estimate of drug-likeness (QED) is 0.495. The van der Waals surface area contributed by atoms with E-state index < -0.39 is 0 Å². The number of hydrogen-bond acceptors (Lipinski definition) is 2. The zero-order valence-corrected chi connectivity index (χ0v) is 13.8. The summed E-state index contributed by atoms with van der Waals surface area (Å²) in [4.78, 5) is 8.76. The summed E-state index contributed by atoms with van der Waals surface area (Å²) in [6, 6.07) is 5.29. The average Bonchev–Trinajstić information content (AvgIpc) is 2.36. The molecule has 6 heteroatoms. The number of halogens is 4. The molecule has 94 valence electrons. The predicted octanol–water partition coefficient (Wildman–Crippen LogP) is 5.27.